The van der Waals surface area contributed by atoms with Crippen LogP contribution >= 0.6 is 0 Å². The molecule has 1 aliphatic rings. The summed E-state index contributed by atoms with van der Waals surface area (Å²) in [5.74, 6) is 1.40. The fraction of sp³-hybridized carbons (Fsp3) is 0.733. The molecule has 0 saturated heterocycles. The highest BCUT2D eigenvalue weighted by Gasteiger charge is 2.30. The summed E-state index contributed by atoms with van der Waals surface area (Å²) >= 11 is 0. The smallest absolute Gasteiger partial charge is 0.246 e. The molecule has 5 nitrogen and oxygen atoms in total. The lowest BCUT2D eigenvalue weighted by atomic mass is 10.1. The minimum atomic E-state index is -3.50. The molecule has 6 heteroatoms. The molecule has 1 fully saturated rings. The number of sulfonamides is 1. The summed E-state index contributed by atoms with van der Waals surface area (Å²) in [5, 5.41) is 3.33. The normalized spacial score (nSPS) is 17.7. The third-order valence-corrected chi connectivity index (χ3v) is 6.31. The predicted molar refractivity (Wildman–Crippen MR) is 82.6 cm³/mol. The van der Waals surface area contributed by atoms with Crippen LogP contribution in [0.5, 0.6) is 0 Å². The average molecular weight is 314 g/mol. The van der Waals surface area contributed by atoms with Gasteiger partial charge in [0.1, 0.15) is 16.4 Å². The van der Waals surface area contributed by atoms with Crippen molar-refractivity contribution in [2.45, 2.75) is 64.1 Å². The molecule has 1 N–H and O–H groups in total. The molecule has 1 unspecified atom stereocenters. The van der Waals surface area contributed by atoms with Gasteiger partial charge in [0, 0.05) is 25.2 Å². The molecule has 0 aliphatic heterocycles. The Bertz CT molecular complexity index is 588. The van der Waals surface area contributed by atoms with Gasteiger partial charge in [-0.05, 0) is 32.6 Å². The molecule has 0 aromatic carbocycles. The maximum atomic E-state index is 12.7. The van der Waals surface area contributed by atoms with Gasteiger partial charge in [0.15, 0.2) is 0 Å². The maximum absolute atomic E-state index is 12.7. The topological polar surface area (TPSA) is 62.6 Å². The number of nitrogens with one attached hydrogen (secondary N) is 1. The summed E-state index contributed by atoms with van der Waals surface area (Å²) in [6, 6.07) is 2.17. The highest BCUT2D eigenvalue weighted by molar-refractivity contribution is 7.89. The van der Waals surface area contributed by atoms with Crippen molar-refractivity contribution in [3.05, 3.63) is 17.6 Å². The first-order valence-corrected chi connectivity index (χ1v) is 8.98. The van der Waals surface area contributed by atoms with Crippen LogP contribution in [0.15, 0.2) is 15.4 Å². The van der Waals surface area contributed by atoms with E-state index in [2.05, 4.69) is 5.32 Å². The molecule has 0 radical (unpaired) electrons. The molecule has 120 valence electrons. The SMILES string of the molecule is Cc1oc(CNC2CC2)cc1S(=O)(=O)N(C)C(C)C(C)C. The van der Waals surface area contributed by atoms with Crippen molar-refractivity contribution in [1.29, 1.82) is 0 Å². The van der Waals surface area contributed by atoms with Gasteiger partial charge in [-0.25, -0.2) is 8.42 Å². The van der Waals surface area contributed by atoms with Gasteiger partial charge < -0.3 is 9.73 Å². The van der Waals surface area contributed by atoms with Gasteiger partial charge in [-0.3, -0.25) is 0 Å². The van der Waals surface area contributed by atoms with Gasteiger partial charge in [0.2, 0.25) is 10.0 Å². The van der Waals surface area contributed by atoms with E-state index in [0.717, 1.165) is 0 Å². The number of hydrogen-bond acceptors (Lipinski definition) is 4. The molecule has 1 heterocycles. The second kappa shape index (κ2) is 6.10. The summed E-state index contributed by atoms with van der Waals surface area (Å²) in [7, 11) is -1.87. The second-order valence-electron chi connectivity index (χ2n) is 6.29. The molecule has 1 aromatic heterocycles. The molecule has 21 heavy (non-hydrogen) atoms. The lowest BCUT2D eigenvalue weighted by Crippen LogP contribution is -2.38. The molecular weight excluding hydrogens is 288 g/mol. The van der Waals surface area contributed by atoms with E-state index in [0.29, 0.717) is 24.1 Å². The Morgan fingerprint density at radius 2 is 2.00 bits per heavy atom. The van der Waals surface area contributed by atoms with Crippen LogP contribution in [0.2, 0.25) is 0 Å². The van der Waals surface area contributed by atoms with Gasteiger partial charge in [0.25, 0.3) is 0 Å². The number of aryl methyl sites for hydroxylation is 1. The predicted octanol–water partition coefficient (Wildman–Crippen LogP) is 2.51. The number of hydrogen-bond donors (Lipinski definition) is 1. The molecule has 2 rings (SSSR count). The molecule has 1 atom stereocenters. The molecule has 1 aliphatic carbocycles. The van der Waals surface area contributed by atoms with E-state index in [1.54, 1.807) is 20.0 Å². The van der Waals surface area contributed by atoms with Crippen molar-refractivity contribution < 1.29 is 12.8 Å². The Kier molecular flexibility index (Phi) is 4.80. The molecule has 0 amide bonds. The zero-order valence-corrected chi connectivity index (χ0v) is 14.3. The number of furan rings is 1. The average Bonchev–Trinajstić information content (AvgIpc) is 3.16. The quantitative estimate of drug-likeness (QED) is 0.840. The Labute approximate surface area is 127 Å². The van der Waals surface area contributed by atoms with Crippen LogP contribution in [0.3, 0.4) is 0 Å². The van der Waals surface area contributed by atoms with E-state index < -0.39 is 10.0 Å². The second-order valence-corrected chi connectivity index (χ2v) is 8.26. The van der Waals surface area contributed by atoms with E-state index in [1.807, 2.05) is 20.8 Å². The molecule has 1 aromatic rings. The Morgan fingerprint density at radius 3 is 2.52 bits per heavy atom. The number of rotatable bonds is 7. The molecule has 0 bridgehead atoms. The van der Waals surface area contributed by atoms with Crippen molar-refractivity contribution >= 4 is 10.0 Å². The van der Waals surface area contributed by atoms with Gasteiger partial charge in [-0.15, -0.1) is 0 Å². The third kappa shape index (κ3) is 3.67. The van der Waals surface area contributed by atoms with Crippen LogP contribution in [-0.4, -0.2) is 31.9 Å². The first-order valence-electron chi connectivity index (χ1n) is 7.54. The van der Waals surface area contributed by atoms with E-state index in [9.17, 15) is 8.42 Å². The van der Waals surface area contributed by atoms with E-state index >= 15 is 0 Å². The Balaban J connectivity index is 2.18. The van der Waals surface area contributed by atoms with E-state index in [1.165, 1.54) is 17.1 Å². The number of nitrogens with zero attached hydrogens (tertiary/aromatic N) is 1. The van der Waals surface area contributed by atoms with Gasteiger partial charge >= 0.3 is 0 Å². The lowest BCUT2D eigenvalue weighted by molar-refractivity contribution is 0.315. The van der Waals surface area contributed by atoms with Crippen LogP contribution in [0.25, 0.3) is 0 Å². The lowest BCUT2D eigenvalue weighted by Gasteiger charge is -2.26. The highest BCUT2D eigenvalue weighted by Crippen LogP contribution is 2.26. The Hall–Kier alpha value is -0.850. The third-order valence-electron chi connectivity index (χ3n) is 4.26. The highest BCUT2D eigenvalue weighted by atomic mass is 32.2. The summed E-state index contributed by atoms with van der Waals surface area (Å²) in [6.45, 7) is 8.26. The monoisotopic (exact) mass is 314 g/mol. The molecule has 0 spiro atoms. The standard InChI is InChI=1S/C15H26N2O3S/c1-10(2)11(3)17(5)21(18,19)15-8-14(20-12(15)4)9-16-13-6-7-13/h8,10-11,13,16H,6-7,9H2,1-5H3. The van der Waals surface area contributed by atoms with Crippen molar-refractivity contribution in [2.75, 3.05) is 7.05 Å². The van der Waals surface area contributed by atoms with E-state index in [4.69, 9.17) is 4.42 Å². The van der Waals surface area contributed by atoms with Crippen molar-refractivity contribution in [2.24, 2.45) is 5.92 Å². The fourth-order valence-electron chi connectivity index (χ4n) is 2.19. The molecular formula is C15H26N2O3S. The zero-order valence-electron chi connectivity index (χ0n) is 13.5. The van der Waals surface area contributed by atoms with Crippen molar-refractivity contribution in [3.8, 4) is 0 Å². The van der Waals surface area contributed by atoms with Gasteiger partial charge in [-0.2, -0.15) is 4.31 Å². The zero-order chi connectivity index (χ0) is 15.8. The minimum Gasteiger partial charge on any atom is -0.464 e. The van der Waals surface area contributed by atoms with Crippen LogP contribution in [0.4, 0.5) is 0 Å². The van der Waals surface area contributed by atoms with Crippen LogP contribution < -0.4 is 5.32 Å². The first kappa shape index (κ1) is 16.5. The summed E-state index contributed by atoms with van der Waals surface area (Å²) in [4.78, 5) is 0.282. The summed E-state index contributed by atoms with van der Waals surface area (Å²) in [6.07, 6.45) is 2.39. The van der Waals surface area contributed by atoms with Crippen LogP contribution in [0.1, 0.15) is 45.1 Å². The Morgan fingerprint density at radius 1 is 1.38 bits per heavy atom. The largest absolute Gasteiger partial charge is 0.464 e. The summed E-state index contributed by atoms with van der Waals surface area (Å²) < 4.78 is 32.5. The van der Waals surface area contributed by atoms with Gasteiger partial charge in [-0.1, -0.05) is 13.8 Å². The van der Waals surface area contributed by atoms with Gasteiger partial charge in [0.05, 0.1) is 6.54 Å². The van der Waals surface area contributed by atoms with Crippen LogP contribution in [-0.2, 0) is 16.6 Å². The minimum absolute atomic E-state index is 0.0580. The first-order chi connectivity index (χ1) is 9.73. The van der Waals surface area contributed by atoms with Crippen LogP contribution in [0, 0.1) is 12.8 Å². The maximum Gasteiger partial charge on any atom is 0.246 e. The van der Waals surface area contributed by atoms with Crippen molar-refractivity contribution in [1.82, 2.24) is 9.62 Å². The molecule has 1 saturated carbocycles. The van der Waals surface area contributed by atoms with Crippen molar-refractivity contribution in [3.63, 3.8) is 0 Å². The fourth-order valence-corrected chi connectivity index (χ4v) is 3.87. The van der Waals surface area contributed by atoms with E-state index in [-0.39, 0.29) is 16.9 Å². The summed E-state index contributed by atoms with van der Waals surface area (Å²) in [5.41, 5.74) is 0.